The summed E-state index contributed by atoms with van der Waals surface area (Å²) in [6, 6.07) is 76.6. The minimum Gasteiger partial charge on any atom is -0.459 e. The van der Waals surface area contributed by atoms with Gasteiger partial charge in [0.1, 0.15) is 48.8 Å². The van der Waals surface area contributed by atoms with E-state index < -0.39 is 153 Å². The number of benzene rings is 9. The van der Waals surface area contributed by atoms with E-state index in [-0.39, 0.29) is 33.4 Å². The van der Waals surface area contributed by atoms with Gasteiger partial charge in [0.25, 0.3) is 0 Å². The van der Waals surface area contributed by atoms with Crippen molar-refractivity contribution in [3.05, 3.63) is 323 Å². The summed E-state index contributed by atoms with van der Waals surface area (Å²) in [6.07, 6.45) is -22.1. The monoisotopic (exact) mass is 1380 g/mol. The summed E-state index contributed by atoms with van der Waals surface area (Å²) in [4.78, 5) is 86.3. The van der Waals surface area contributed by atoms with Crippen LogP contribution in [0.2, 0.25) is 0 Å². The van der Waals surface area contributed by atoms with E-state index in [4.69, 9.17) is 66.3 Å². The number of aliphatic hydroxyl groups is 1. The Morgan fingerprint density at radius 3 is 1.11 bits per heavy atom. The number of ether oxygens (including phenoxy) is 14. The van der Waals surface area contributed by atoms with Crippen molar-refractivity contribution in [3.63, 3.8) is 0 Å². The number of esters is 6. The third-order valence-electron chi connectivity index (χ3n) is 17.6. The summed E-state index contributed by atoms with van der Waals surface area (Å²) >= 11 is 0. The van der Waals surface area contributed by atoms with Crippen molar-refractivity contribution in [2.45, 2.75) is 111 Å². The number of fused-ring (bicyclic) bond motifs is 1. The number of hydrogen-bond donors (Lipinski definition) is 1. The SMILES string of the molecule is CC1(C)O[C@H]2O[C@@H]([C@H](O)CO[C@@H]3O[C@H](COC(c4ccccc4)(c4ccccc4)c4ccccc4)[C@H](OC(=O)c4ccccc4)[C@H](OC(=O)c4ccccc4)[C@H]3OC(=O)c3ccccc3)[C@H](O[C@@H]3O[C@@H](COC(=O)c4ccccc4)[C@H](OC(=O)c4ccccc4)[C@H]3OC(=O)c3ccccc3)[C@H]2O1. The molecule has 13 rings (SSSR count). The lowest BCUT2D eigenvalue weighted by molar-refractivity contribution is -0.310. The molecule has 0 amide bonds. The van der Waals surface area contributed by atoms with Crippen LogP contribution in [0, 0.1) is 0 Å². The Morgan fingerprint density at radius 1 is 0.382 bits per heavy atom. The van der Waals surface area contributed by atoms with Crippen LogP contribution < -0.4 is 0 Å². The van der Waals surface area contributed by atoms with Crippen molar-refractivity contribution in [2.24, 2.45) is 0 Å². The Kier molecular flexibility index (Phi) is 21.9. The largest absolute Gasteiger partial charge is 0.459 e. The molecule has 4 fully saturated rings. The van der Waals surface area contributed by atoms with Gasteiger partial charge >= 0.3 is 35.8 Å². The van der Waals surface area contributed by atoms with Crippen LogP contribution in [-0.4, -0.2) is 153 Å². The molecule has 4 aliphatic heterocycles. The van der Waals surface area contributed by atoms with Crippen molar-refractivity contribution < 1.29 is 100 Å². The van der Waals surface area contributed by atoms with Gasteiger partial charge in [-0.15, -0.1) is 0 Å². The molecule has 4 saturated heterocycles. The van der Waals surface area contributed by atoms with Gasteiger partial charge in [0.15, 0.2) is 55.2 Å². The molecule has 9 aromatic rings. The molecule has 0 aromatic heterocycles. The number of aliphatic hydroxyl groups excluding tert-OH is 1. The highest BCUT2D eigenvalue weighted by atomic mass is 16.9. The lowest BCUT2D eigenvalue weighted by Gasteiger charge is -2.46. The summed E-state index contributed by atoms with van der Waals surface area (Å²) in [5.74, 6) is -6.50. The third-order valence-corrected chi connectivity index (χ3v) is 17.6. The first-order valence-corrected chi connectivity index (χ1v) is 33.3. The summed E-state index contributed by atoms with van der Waals surface area (Å²) in [7, 11) is 0. The first kappa shape index (κ1) is 69.9. The average Bonchev–Trinajstić information content (AvgIpc) is 1.14. The molecule has 0 unspecified atom stereocenters. The molecule has 21 nitrogen and oxygen atoms in total. The van der Waals surface area contributed by atoms with Crippen molar-refractivity contribution in [1.29, 1.82) is 0 Å². The van der Waals surface area contributed by atoms with Crippen molar-refractivity contribution in [1.82, 2.24) is 0 Å². The van der Waals surface area contributed by atoms with Crippen molar-refractivity contribution in [2.75, 3.05) is 19.8 Å². The van der Waals surface area contributed by atoms with E-state index in [2.05, 4.69) is 0 Å². The summed E-state index contributed by atoms with van der Waals surface area (Å²) < 4.78 is 91.6. The summed E-state index contributed by atoms with van der Waals surface area (Å²) in [5, 5.41) is 12.9. The number of rotatable bonds is 25. The topological polar surface area (TPSA) is 252 Å². The second kappa shape index (κ2) is 32.0. The lowest BCUT2D eigenvalue weighted by Crippen LogP contribution is -2.63. The first-order chi connectivity index (χ1) is 49.7. The zero-order valence-electron chi connectivity index (χ0n) is 55.3. The van der Waals surface area contributed by atoms with Gasteiger partial charge in [-0.1, -0.05) is 200 Å². The number of carbonyl (C=O) groups is 6. The molecule has 4 heterocycles. The maximum Gasteiger partial charge on any atom is 0.338 e. The maximum absolute atomic E-state index is 14.8. The fourth-order valence-electron chi connectivity index (χ4n) is 12.8. The highest BCUT2D eigenvalue weighted by molar-refractivity contribution is 5.92. The summed E-state index contributed by atoms with van der Waals surface area (Å²) in [5.41, 5.74) is 1.35. The molecule has 102 heavy (non-hydrogen) atoms. The molecule has 21 heteroatoms. The van der Waals surface area contributed by atoms with Crippen molar-refractivity contribution in [3.8, 4) is 0 Å². The van der Waals surface area contributed by atoms with Crippen molar-refractivity contribution >= 4 is 35.8 Å². The molecule has 0 bridgehead atoms. The predicted molar refractivity (Wildman–Crippen MR) is 363 cm³/mol. The van der Waals surface area contributed by atoms with Crippen LogP contribution in [0.3, 0.4) is 0 Å². The van der Waals surface area contributed by atoms with Crippen LogP contribution in [0.15, 0.2) is 273 Å². The average molecular weight is 1380 g/mol. The molecule has 0 saturated carbocycles. The van der Waals surface area contributed by atoms with Crippen LogP contribution in [0.5, 0.6) is 0 Å². The number of hydrogen-bond acceptors (Lipinski definition) is 21. The standard InChI is InChI=1S/C81H72O21/c1-80(2)101-70-66(100-78-68(97-75(87)55-38-20-7-21-39-55)65(95-73(85)53-34-16-5-17-35-53)61(93-78)49-89-71(83)51-30-12-3-13-31-51)63(99-79(70)102-80)60(82)48-90-77-69(98-76(88)56-40-22-8-23-41-56)67(96-74(86)54-36-18-6-19-37-54)64(94-72(84)52-32-14-4-15-33-52)62(92-77)50-91-81(57-42-24-9-25-43-57,58-44-26-10-27-45-58)59-46-28-11-29-47-59/h3-47,60-70,77-79,82H,48-50H2,1-2H3/t60-,61+,62-,63+,64+,65+,66+,67+,68-,69-,70-,77-,78+,79-/m1/s1. The van der Waals surface area contributed by atoms with E-state index in [1.807, 2.05) is 91.0 Å². The smallest absolute Gasteiger partial charge is 0.338 e. The maximum atomic E-state index is 14.8. The van der Waals surface area contributed by atoms with Gasteiger partial charge in [-0.2, -0.15) is 0 Å². The molecule has 0 aliphatic carbocycles. The van der Waals surface area contributed by atoms with Crippen LogP contribution in [0.1, 0.15) is 92.7 Å². The molecular formula is C81H72O21. The highest BCUT2D eigenvalue weighted by Crippen LogP contribution is 2.45. The van der Waals surface area contributed by atoms with Crippen LogP contribution in [0.4, 0.5) is 0 Å². The van der Waals surface area contributed by atoms with E-state index in [0.717, 1.165) is 0 Å². The molecular weight excluding hydrogens is 1310 g/mol. The zero-order valence-corrected chi connectivity index (χ0v) is 55.3. The molecule has 0 radical (unpaired) electrons. The quantitative estimate of drug-likeness (QED) is 0.0317. The highest BCUT2D eigenvalue weighted by Gasteiger charge is 2.61. The molecule has 522 valence electrons. The van der Waals surface area contributed by atoms with E-state index in [9.17, 15) is 33.9 Å². The molecule has 0 spiro atoms. The minimum atomic E-state index is -1.84. The Balaban J connectivity index is 0.874. The normalized spacial score (nSPS) is 24.4. The lowest BCUT2D eigenvalue weighted by atomic mass is 9.80. The molecule has 1 N–H and O–H groups in total. The van der Waals surface area contributed by atoms with Gasteiger partial charge in [-0.05, 0) is 103 Å². The molecule has 9 aromatic carbocycles. The van der Waals surface area contributed by atoms with E-state index in [0.29, 0.717) is 16.7 Å². The Labute approximate surface area is 587 Å². The van der Waals surface area contributed by atoms with Gasteiger partial charge in [0, 0.05) is 0 Å². The minimum absolute atomic E-state index is 0.0652. The van der Waals surface area contributed by atoms with Crippen LogP contribution in [-0.2, 0) is 71.9 Å². The van der Waals surface area contributed by atoms with E-state index in [1.165, 1.54) is 48.5 Å². The van der Waals surface area contributed by atoms with Crippen LogP contribution >= 0.6 is 0 Å². The number of carbonyl (C=O) groups excluding carboxylic acids is 6. The van der Waals surface area contributed by atoms with Gasteiger partial charge in [0.05, 0.1) is 46.6 Å². The summed E-state index contributed by atoms with van der Waals surface area (Å²) in [6.45, 7) is 1.49. The third kappa shape index (κ3) is 15.9. The Bertz CT molecular complexity index is 4160. The van der Waals surface area contributed by atoms with Gasteiger partial charge in [-0.25, -0.2) is 28.8 Å². The second-order valence-electron chi connectivity index (χ2n) is 24.9. The van der Waals surface area contributed by atoms with Gasteiger partial charge in [-0.3, -0.25) is 0 Å². The first-order valence-electron chi connectivity index (χ1n) is 33.3. The predicted octanol–water partition coefficient (Wildman–Crippen LogP) is 11.1. The Morgan fingerprint density at radius 2 is 0.706 bits per heavy atom. The van der Waals surface area contributed by atoms with E-state index in [1.54, 1.807) is 147 Å². The van der Waals surface area contributed by atoms with Gasteiger partial charge < -0.3 is 71.4 Å². The van der Waals surface area contributed by atoms with E-state index >= 15 is 0 Å². The Hall–Kier alpha value is -10.6. The zero-order chi connectivity index (χ0) is 70.6. The second-order valence-corrected chi connectivity index (χ2v) is 24.9. The fraction of sp³-hybridized carbons (Fsp3) is 0.259. The fourth-order valence-corrected chi connectivity index (χ4v) is 12.8. The molecule has 14 atom stereocenters. The van der Waals surface area contributed by atoms with Gasteiger partial charge in [0.2, 0.25) is 0 Å². The molecule has 4 aliphatic rings. The van der Waals surface area contributed by atoms with Crippen LogP contribution in [0.25, 0.3) is 0 Å².